The Labute approximate surface area is 130 Å². The molecule has 0 atom stereocenters. The Morgan fingerprint density at radius 3 is 2.52 bits per heavy atom. The fourth-order valence-corrected chi connectivity index (χ4v) is 3.91. The molecule has 2 fully saturated rings. The van der Waals surface area contributed by atoms with Gasteiger partial charge in [-0.3, -0.25) is 4.79 Å². The fraction of sp³-hybridized carbons (Fsp3) is 0.688. The summed E-state index contributed by atoms with van der Waals surface area (Å²) in [4.78, 5) is 22.7. The van der Waals surface area contributed by atoms with Gasteiger partial charge in [-0.1, -0.05) is 30.9 Å². The number of hydrogen-bond donors (Lipinski definition) is 0. The zero-order valence-corrected chi connectivity index (χ0v) is 13.3. The van der Waals surface area contributed by atoms with Gasteiger partial charge in [0.1, 0.15) is 5.82 Å². The van der Waals surface area contributed by atoms with E-state index in [2.05, 4.69) is 9.97 Å². The Morgan fingerprint density at radius 1 is 1.19 bits per heavy atom. The molecule has 1 aromatic rings. The van der Waals surface area contributed by atoms with E-state index in [9.17, 15) is 4.79 Å². The SMILES string of the molecule is Cc1ncc(Cl)c(C(=O)N2CCC3(CCCCC3)CC2)n1. The predicted molar refractivity (Wildman–Crippen MR) is 82.4 cm³/mol. The van der Waals surface area contributed by atoms with Crippen molar-refractivity contribution in [1.29, 1.82) is 0 Å². The van der Waals surface area contributed by atoms with E-state index in [0.29, 0.717) is 22.0 Å². The van der Waals surface area contributed by atoms with Crippen molar-refractivity contribution in [2.75, 3.05) is 13.1 Å². The van der Waals surface area contributed by atoms with E-state index in [-0.39, 0.29) is 5.91 Å². The molecule has 21 heavy (non-hydrogen) atoms. The van der Waals surface area contributed by atoms with Gasteiger partial charge in [-0.2, -0.15) is 0 Å². The first-order chi connectivity index (χ1) is 10.1. The quantitative estimate of drug-likeness (QED) is 0.796. The standard InChI is InChI=1S/C16H22ClN3O/c1-12-18-11-13(17)14(19-12)15(21)20-9-7-16(8-10-20)5-3-2-4-6-16/h11H,2-10H2,1H3. The van der Waals surface area contributed by atoms with Crippen molar-refractivity contribution in [2.45, 2.75) is 51.9 Å². The number of piperidine rings is 1. The van der Waals surface area contributed by atoms with Gasteiger partial charge in [-0.15, -0.1) is 0 Å². The van der Waals surface area contributed by atoms with Crippen LogP contribution in [0.3, 0.4) is 0 Å². The molecule has 0 bridgehead atoms. The topological polar surface area (TPSA) is 46.1 Å². The van der Waals surface area contributed by atoms with Gasteiger partial charge in [0, 0.05) is 13.1 Å². The molecule has 0 radical (unpaired) electrons. The van der Waals surface area contributed by atoms with Gasteiger partial charge in [-0.25, -0.2) is 9.97 Å². The first-order valence-electron chi connectivity index (χ1n) is 7.88. The molecule has 0 N–H and O–H groups in total. The maximum Gasteiger partial charge on any atom is 0.274 e. The van der Waals surface area contributed by atoms with Crippen molar-refractivity contribution in [1.82, 2.24) is 14.9 Å². The number of amides is 1. The minimum atomic E-state index is -0.0452. The number of likely N-dealkylation sites (tertiary alicyclic amines) is 1. The second-order valence-corrected chi connectivity index (χ2v) is 6.87. The molecule has 2 heterocycles. The van der Waals surface area contributed by atoms with Crippen molar-refractivity contribution in [2.24, 2.45) is 5.41 Å². The van der Waals surface area contributed by atoms with Crippen LogP contribution >= 0.6 is 11.6 Å². The number of aryl methyl sites for hydroxylation is 1. The molecule has 2 aliphatic rings. The van der Waals surface area contributed by atoms with Crippen LogP contribution in [0, 0.1) is 12.3 Å². The lowest BCUT2D eigenvalue weighted by molar-refractivity contribution is 0.0467. The van der Waals surface area contributed by atoms with Crippen molar-refractivity contribution in [3.8, 4) is 0 Å². The summed E-state index contributed by atoms with van der Waals surface area (Å²) in [6, 6.07) is 0. The third kappa shape index (κ3) is 3.05. The van der Waals surface area contributed by atoms with Crippen molar-refractivity contribution >= 4 is 17.5 Å². The van der Waals surface area contributed by atoms with Crippen LogP contribution < -0.4 is 0 Å². The molecule has 1 spiro atoms. The Morgan fingerprint density at radius 2 is 1.86 bits per heavy atom. The van der Waals surface area contributed by atoms with Gasteiger partial charge >= 0.3 is 0 Å². The van der Waals surface area contributed by atoms with E-state index in [1.54, 1.807) is 6.92 Å². The monoisotopic (exact) mass is 307 g/mol. The molecule has 1 aliphatic heterocycles. The lowest BCUT2D eigenvalue weighted by Gasteiger charge is -2.44. The van der Waals surface area contributed by atoms with Gasteiger partial charge in [-0.05, 0) is 38.0 Å². The molecule has 1 aromatic heterocycles. The Bertz CT molecular complexity index is 530. The first kappa shape index (κ1) is 14.8. The van der Waals surface area contributed by atoms with Crippen LogP contribution in [0.25, 0.3) is 0 Å². The molecule has 3 rings (SSSR count). The lowest BCUT2D eigenvalue weighted by Crippen LogP contribution is -2.44. The van der Waals surface area contributed by atoms with Gasteiger partial charge in [0.05, 0.1) is 11.2 Å². The number of carbonyl (C=O) groups is 1. The summed E-state index contributed by atoms with van der Waals surface area (Å²) in [6.07, 6.45) is 10.5. The summed E-state index contributed by atoms with van der Waals surface area (Å²) in [5.74, 6) is 0.541. The Balaban J connectivity index is 1.69. The van der Waals surface area contributed by atoms with Gasteiger partial charge in [0.15, 0.2) is 5.69 Å². The number of carbonyl (C=O) groups excluding carboxylic acids is 1. The summed E-state index contributed by atoms with van der Waals surface area (Å²) >= 11 is 6.08. The zero-order chi connectivity index (χ0) is 14.9. The highest BCUT2D eigenvalue weighted by molar-refractivity contribution is 6.33. The van der Waals surface area contributed by atoms with Crippen LogP contribution in [0.2, 0.25) is 5.02 Å². The molecule has 0 aromatic carbocycles. The third-order valence-electron chi connectivity index (χ3n) is 5.09. The molecule has 0 unspecified atom stereocenters. The molecular weight excluding hydrogens is 286 g/mol. The summed E-state index contributed by atoms with van der Waals surface area (Å²) in [7, 11) is 0. The van der Waals surface area contributed by atoms with Crippen LogP contribution in [0.1, 0.15) is 61.3 Å². The number of halogens is 1. The second-order valence-electron chi connectivity index (χ2n) is 6.47. The lowest BCUT2D eigenvalue weighted by atomic mass is 9.68. The van der Waals surface area contributed by atoms with E-state index in [1.807, 2.05) is 4.90 Å². The maximum atomic E-state index is 12.6. The number of nitrogens with zero attached hydrogens (tertiary/aromatic N) is 3. The van der Waals surface area contributed by atoms with E-state index >= 15 is 0 Å². The van der Waals surface area contributed by atoms with Crippen LogP contribution in [0.4, 0.5) is 0 Å². The average molecular weight is 308 g/mol. The Kier molecular flexibility index (Phi) is 4.16. The highest BCUT2D eigenvalue weighted by atomic mass is 35.5. The number of aromatic nitrogens is 2. The predicted octanol–water partition coefficient (Wildman–Crippen LogP) is 3.62. The molecule has 4 nitrogen and oxygen atoms in total. The van der Waals surface area contributed by atoms with Crippen LogP contribution in [0.15, 0.2) is 6.20 Å². The summed E-state index contributed by atoms with van der Waals surface area (Å²) in [6.45, 7) is 3.44. The van der Waals surface area contributed by atoms with E-state index in [1.165, 1.54) is 38.3 Å². The van der Waals surface area contributed by atoms with Crippen molar-refractivity contribution in [3.63, 3.8) is 0 Å². The van der Waals surface area contributed by atoms with Gasteiger partial charge < -0.3 is 4.90 Å². The normalized spacial score (nSPS) is 21.5. The smallest absolute Gasteiger partial charge is 0.274 e. The summed E-state index contributed by atoms with van der Waals surface area (Å²) in [5, 5.41) is 0.351. The minimum absolute atomic E-state index is 0.0452. The zero-order valence-electron chi connectivity index (χ0n) is 12.6. The van der Waals surface area contributed by atoms with Gasteiger partial charge in [0.2, 0.25) is 0 Å². The fourth-order valence-electron chi connectivity index (χ4n) is 3.74. The third-order valence-corrected chi connectivity index (χ3v) is 5.37. The number of rotatable bonds is 1. The maximum absolute atomic E-state index is 12.6. The second kappa shape index (κ2) is 5.91. The largest absolute Gasteiger partial charge is 0.337 e. The highest BCUT2D eigenvalue weighted by Crippen LogP contribution is 2.44. The first-order valence-corrected chi connectivity index (χ1v) is 8.26. The molecular formula is C16H22ClN3O. The number of hydrogen-bond acceptors (Lipinski definition) is 3. The summed E-state index contributed by atoms with van der Waals surface area (Å²) < 4.78 is 0. The van der Waals surface area contributed by atoms with Gasteiger partial charge in [0.25, 0.3) is 5.91 Å². The molecule has 1 saturated carbocycles. The van der Waals surface area contributed by atoms with Crippen LogP contribution in [-0.2, 0) is 0 Å². The van der Waals surface area contributed by atoms with Crippen molar-refractivity contribution < 1.29 is 4.79 Å². The molecule has 1 aliphatic carbocycles. The summed E-state index contributed by atoms with van der Waals surface area (Å²) in [5.41, 5.74) is 0.851. The van der Waals surface area contributed by atoms with E-state index < -0.39 is 0 Å². The molecule has 114 valence electrons. The molecule has 1 saturated heterocycles. The van der Waals surface area contributed by atoms with Crippen LogP contribution in [-0.4, -0.2) is 33.9 Å². The minimum Gasteiger partial charge on any atom is -0.337 e. The van der Waals surface area contributed by atoms with Crippen LogP contribution in [0.5, 0.6) is 0 Å². The molecule has 1 amide bonds. The Hall–Kier alpha value is -1.16. The average Bonchev–Trinajstić information content (AvgIpc) is 2.51. The van der Waals surface area contributed by atoms with E-state index in [0.717, 1.165) is 25.9 Å². The van der Waals surface area contributed by atoms with E-state index in [4.69, 9.17) is 11.6 Å². The molecule has 5 heteroatoms. The highest BCUT2D eigenvalue weighted by Gasteiger charge is 2.37. The van der Waals surface area contributed by atoms with Crippen molar-refractivity contribution in [3.05, 3.63) is 22.7 Å².